The largest absolute Gasteiger partial charge is 0.395 e. The molecule has 0 aliphatic rings. The molecule has 1 aromatic carbocycles. The lowest BCUT2D eigenvalue weighted by Crippen LogP contribution is -2.32. The van der Waals surface area contributed by atoms with E-state index in [1.807, 2.05) is 24.3 Å². The van der Waals surface area contributed by atoms with Crippen LogP contribution in [0.3, 0.4) is 0 Å². The van der Waals surface area contributed by atoms with Crippen LogP contribution in [-0.4, -0.2) is 48.9 Å². The van der Waals surface area contributed by atoms with Crippen LogP contribution in [0.5, 0.6) is 0 Å². The average molecular weight is 408 g/mol. The van der Waals surface area contributed by atoms with Crippen LogP contribution in [0.4, 0.5) is 10.7 Å². The van der Waals surface area contributed by atoms with Gasteiger partial charge in [0.05, 0.1) is 22.4 Å². The third kappa shape index (κ3) is 5.48. The molecular weight excluding hydrogens is 378 g/mol. The summed E-state index contributed by atoms with van der Waals surface area (Å²) in [5.41, 5.74) is 10.4. The van der Waals surface area contributed by atoms with Gasteiger partial charge in [-0.3, -0.25) is 9.69 Å². The van der Waals surface area contributed by atoms with Crippen molar-refractivity contribution >= 4 is 39.7 Å². The van der Waals surface area contributed by atoms with Gasteiger partial charge < -0.3 is 16.2 Å². The zero-order valence-corrected chi connectivity index (χ0v) is 18.3. The Bertz CT molecular complexity index is 797. The number of rotatable bonds is 7. The van der Waals surface area contributed by atoms with Crippen LogP contribution in [0.25, 0.3) is 11.1 Å². The summed E-state index contributed by atoms with van der Waals surface area (Å²) >= 11 is 3.34. The molecule has 0 fully saturated rings. The summed E-state index contributed by atoms with van der Waals surface area (Å²) in [5.74, 6) is -0.109. The lowest BCUT2D eigenvalue weighted by atomic mass is 9.84. The number of carbonyl (C=O) groups is 1. The molecule has 0 saturated heterocycles. The molecule has 5 nitrogen and oxygen atoms in total. The fraction of sp³-hybridized carbons (Fsp3) is 0.450. The van der Waals surface area contributed by atoms with Gasteiger partial charge in [-0.2, -0.15) is 0 Å². The molecule has 148 valence electrons. The minimum Gasteiger partial charge on any atom is -0.395 e. The number of hydrogen-bond donors (Lipinski definition) is 3. The quantitative estimate of drug-likeness (QED) is 0.607. The van der Waals surface area contributed by atoms with Gasteiger partial charge in [-0.15, -0.1) is 23.1 Å². The van der Waals surface area contributed by atoms with Crippen molar-refractivity contribution in [3.63, 3.8) is 0 Å². The van der Waals surface area contributed by atoms with Crippen LogP contribution in [0.15, 0.2) is 28.5 Å². The summed E-state index contributed by atoms with van der Waals surface area (Å²) in [6, 6.07) is 7.82. The Labute approximate surface area is 170 Å². The Kier molecular flexibility index (Phi) is 7.33. The van der Waals surface area contributed by atoms with Crippen molar-refractivity contribution in [2.75, 3.05) is 44.1 Å². The molecule has 0 bridgehead atoms. The van der Waals surface area contributed by atoms with E-state index < -0.39 is 0 Å². The highest BCUT2D eigenvalue weighted by Gasteiger charge is 2.27. The molecule has 7 heteroatoms. The number of benzene rings is 1. The van der Waals surface area contributed by atoms with E-state index in [9.17, 15) is 4.79 Å². The first kappa shape index (κ1) is 21.8. The maximum Gasteiger partial charge on any atom is 0.238 e. The predicted molar refractivity (Wildman–Crippen MR) is 118 cm³/mol. The van der Waals surface area contributed by atoms with E-state index in [1.54, 1.807) is 35.0 Å². The average Bonchev–Trinajstić information content (AvgIpc) is 2.92. The Morgan fingerprint density at radius 2 is 2.07 bits per heavy atom. The molecule has 0 saturated carbocycles. The SMILES string of the molecule is CSc1sc(N)c(-c2cccc(NC(=O)CN(C)CCO)c2)c1C(C)(C)C. The Morgan fingerprint density at radius 1 is 1.37 bits per heavy atom. The van der Waals surface area contributed by atoms with Gasteiger partial charge in [0.1, 0.15) is 0 Å². The van der Waals surface area contributed by atoms with Crippen LogP contribution in [0.2, 0.25) is 0 Å². The van der Waals surface area contributed by atoms with E-state index in [0.717, 1.165) is 21.8 Å². The topological polar surface area (TPSA) is 78.6 Å². The number of amides is 1. The smallest absolute Gasteiger partial charge is 0.238 e. The minimum absolute atomic E-state index is 0.0318. The second kappa shape index (κ2) is 9.10. The van der Waals surface area contributed by atoms with Crippen molar-refractivity contribution < 1.29 is 9.90 Å². The van der Waals surface area contributed by atoms with E-state index in [4.69, 9.17) is 10.8 Å². The first-order valence-corrected chi connectivity index (χ1v) is 10.9. The van der Waals surface area contributed by atoms with Crippen LogP contribution in [0.1, 0.15) is 26.3 Å². The summed E-state index contributed by atoms with van der Waals surface area (Å²) in [5, 5.41) is 12.7. The second-order valence-corrected chi connectivity index (χ2v) is 9.68. The molecule has 0 unspecified atom stereocenters. The highest BCUT2D eigenvalue weighted by molar-refractivity contribution is 8.00. The number of anilines is 2. The van der Waals surface area contributed by atoms with E-state index in [-0.39, 0.29) is 24.5 Å². The standard InChI is InChI=1S/C20H29N3O2S2/c1-20(2,3)17-16(18(21)27-19(17)26-5)13-7-6-8-14(11-13)22-15(25)12-23(4)9-10-24/h6-8,11,24H,9-10,12,21H2,1-5H3,(H,22,25). The molecule has 1 aromatic heterocycles. The van der Waals surface area contributed by atoms with E-state index in [1.165, 1.54) is 9.77 Å². The van der Waals surface area contributed by atoms with Crippen LogP contribution < -0.4 is 11.1 Å². The van der Waals surface area contributed by atoms with E-state index >= 15 is 0 Å². The molecule has 0 radical (unpaired) electrons. The fourth-order valence-electron chi connectivity index (χ4n) is 2.99. The molecule has 1 amide bonds. The number of aliphatic hydroxyl groups excluding tert-OH is 1. The van der Waals surface area contributed by atoms with Crippen molar-refractivity contribution in [2.24, 2.45) is 0 Å². The molecule has 0 atom stereocenters. The van der Waals surface area contributed by atoms with Gasteiger partial charge >= 0.3 is 0 Å². The molecule has 1 heterocycles. The van der Waals surface area contributed by atoms with Gasteiger partial charge in [-0.05, 0) is 42.0 Å². The summed E-state index contributed by atoms with van der Waals surface area (Å²) < 4.78 is 1.23. The van der Waals surface area contributed by atoms with Crippen LogP contribution in [0, 0.1) is 0 Å². The molecule has 2 rings (SSSR count). The Morgan fingerprint density at radius 3 is 2.67 bits per heavy atom. The number of aliphatic hydroxyl groups is 1. The predicted octanol–water partition coefficient (Wildman–Crippen LogP) is 3.88. The molecule has 2 aromatic rings. The first-order valence-electron chi connectivity index (χ1n) is 8.83. The number of likely N-dealkylation sites (N-methyl/N-ethyl adjacent to an activating group) is 1. The van der Waals surface area contributed by atoms with Crippen molar-refractivity contribution in [3.05, 3.63) is 29.8 Å². The van der Waals surface area contributed by atoms with Gasteiger partial charge in [-0.1, -0.05) is 32.9 Å². The van der Waals surface area contributed by atoms with Crippen LogP contribution >= 0.6 is 23.1 Å². The molecular formula is C20H29N3O2S2. The minimum atomic E-state index is -0.109. The molecule has 4 N–H and O–H groups in total. The summed E-state index contributed by atoms with van der Waals surface area (Å²) in [7, 11) is 1.80. The summed E-state index contributed by atoms with van der Waals surface area (Å²) in [6.45, 7) is 7.31. The zero-order chi connectivity index (χ0) is 20.2. The third-order valence-corrected chi connectivity index (χ3v) is 6.31. The number of carbonyl (C=O) groups excluding carboxylic acids is 1. The van der Waals surface area contributed by atoms with Gasteiger partial charge in [0.25, 0.3) is 0 Å². The number of nitrogen functional groups attached to an aromatic ring is 1. The Balaban J connectivity index is 2.33. The lowest BCUT2D eigenvalue weighted by Gasteiger charge is -2.22. The number of thiophene rings is 1. The normalized spacial score (nSPS) is 11.8. The molecule has 0 aliphatic heterocycles. The maximum atomic E-state index is 12.2. The van der Waals surface area contributed by atoms with Gasteiger partial charge in [0.15, 0.2) is 0 Å². The number of nitrogens with zero attached hydrogens (tertiary/aromatic N) is 1. The van der Waals surface area contributed by atoms with Gasteiger partial charge in [0.2, 0.25) is 5.91 Å². The Hall–Kier alpha value is -1.54. The fourth-order valence-corrected chi connectivity index (χ4v) is 5.23. The van der Waals surface area contributed by atoms with Gasteiger partial charge in [0, 0.05) is 17.8 Å². The van der Waals surface area contributed by atoms with E-state index in [2.05, 4.69) is 32.3 Å². The molecule has 27 heavy (non-hydrogen) atoms. The van der Waals surface area contributed by atoms with Crippen molar-refractivity contribution in [2.45, 2.75) is 30.4 Å². The molecule has 0 aliphatic carbocycles. The van der Waals surface area contributed by atoms with Crippen molar-refractivity contribution in [1.82, 2.24) is 4.90 Å². The van der Waals surface area contributed by atoms with Gasteiger partial charge in [-0.25, -0.2) is 0 Å². The number of thioether (sulfide) groups is 1. The molecule has 0 spiro atoms. The second-order valence-electron chi connectivity index (χ2n) is 7.55. The van der Waals surface area contributed by atoms with Crippen LogP contribution in [-0.2, 0) is 10.2 Å². The third-order valence-electron chi connectivity index (χ3n) is 4.17. The first-order chi connectivity index (χ1) is 12.7. The highest BCUT2D eigenvalue weighted by atomic mass is 32.2. The zero-order valence-electron chi connectivity index (χ0n) is 16.6. The monoisotopic (exact) mass is 407 g/mol. The van der Waals surface area contributed by atoms with E-state index in [0.29, 0.717) is 6.54 Å². The number of nitrogens with two attached hydrogens (primary N) is 1. The lowest BCUT2D eigenvalue weighted by molar-refractivity contribution is -0.117. The highest BCUT2D eigenvalue weighted by Crippen LogP contribution is 2.48. The maximum absolute atomic E-state index is 12.2. The van der Waals surface area contributed by atoms with Crippen molar-refractivity contribution in [3.8, 4) is 11.1 Å². The van der Waals surface area contributed by atoms with Crippen molar-refractivity contribution in [1.29, 1.82) is 0 Å². The summed E-state index contributed by atoms with van der Waals surface area (Å²) in [6.07, 6.45) is 2.07. The number of hydrogen-bond acceptors (Lipinski definition) is 6. The summed E-state index contributed by atoms with van der Waals surface area (Å²) in [4.78, 5) is 14.0. The number of nitrogens with one attached hydrogen (secondary N) is 1.